The summed E-state index contributed by atoms with van der Waals surface area (Å²) in [7, 11) is 0. The quantitative estimate of drug-likeness (QED) is 0.781. The summed E-state index contributed by atoms with van der Waals surface area (Å²) >= 11 is 0. The highest BCUT2D eigenvalue weighted by molar-refractivity contribution is 5.95. The Morgan fingerprint density at radius 2 is 1.32 bits per heavy atom. The normalized spacial score (nSPS) is 20.5. The Morgan fingerprint density at radius 1 is 0.880 bits per heavy atom. The van der Waals surface area contributed by atoms with Gasteiger partial charge >= 0.3 is 5.97 Å². The van der Waals surface area contributed by atoms with E-state index in [0.717, 1.165) is 41.8 Å². The van der Waals surface area contributed by atoms with Gasteiger partial charge in [0.2, 0.25) is 0 Å². The molecule has 0 spiro atoms. The lowest BCUT2D eigenvalue weighted by Gasteiger charge is -2.34. The molecule has 0 saturated carbocycles. The first-order valence-corrected chi connectivity index (χ1v) is 9.15. The molecular formula is C21H31NO3. The maximum Gasteiger partial charge on any atom is 0.339 e. The molecule has 1 aliphatic heterocycles. The Kier molecular flexibility index (Phi) is 5.91. The smallest absolute Gasteiger partial charge is 0.339 e. The van der Waals surface area contributed by atoms with E-state index in [9.17, 15) is 9.59 Å². The number of carbonyl (C=O) groups excluding carboxylic acids is 2. The molecule has 1 aromatic rings. The molecule has 1 amide bonds. The summed E-state index contributed by atoms with van der Waals surface area (Å²) < 4.78 is 5.39. The monoisotopic (exact) mass is 345 g/mol. The molecule has 0 N–H and O–H groups in total. The molecule has 1 aromatic carbocycles. The first-order chi connectivity index (χ1) is 11.6. The van der Waals surface area contributed by atoms with Crippen molar-refractivity contribution in [3.05, 3.63) is 33.4 Å². The van der Waals surface area contributed by atoms with Crippen LogP contribution in [0.5, 0.6) is 0 Å². The second-order valence-electron chi connectivity index (χ2n) is 7.82. The number of nitrogens with zero attached hydrogens (tertiary/aromatic N) is 1. The summed E-state index contributed by atoms with van der Waals surface area (Å²) in [5.41, 5.74) is 5.92. The third kappa shape index (κ3) is 4.05. The lowest BCUT2D eigenvalue weighted by atomic mass is 9.90. The van der Waals surface area contributed by atoms with Crippen molar-refractivity contribution >= 4 is 11.9 Å². The van der Waals surface area contributed by atoms with Crippen LogP contribution in [0.25, 0.3) is 0 Å². The van der Waals surface area contributed by atoms with Gasteiger partial charge in [0, 0.05) is 13.1 Å². The number of hydrogen-bond donors (Lipinski definition) is 0. The first kappa shape index (κ1) is 19.5. The van der Waals surface area contributed by atoms with E-state index in [2.05, 4.69) is 20.8 Å². The largest absolute Gasteiger partial charge is 0.452 e. The van der Waals surface area contributed by atoms with Crippen LogP contribution < -0.4 is 0 Å². The van der Waals surface area contributed by atoms with Crippen LogP contribution in [0.1, 0.15) is 58.4 Å². The van der Waals surface area contributed by atoms with Gasteiger partial charge in [0.15, 0.2) is 6.61 Å². The van der Waals surface area contributed by atoms with Crippen molar-refractivity contribution in [2.45, 2.75) is 54.9 Å². The van der Waals surface area contributed by atoms with E-state index in [1.54, 1.807) is 0 Å². The number of amides is 1. The average molecular weight is 345 g/mol. The fourth-order valence-corrected chi connectivity index (χ4v) is 3.96. The minimum Gasteiger partial charge on any atom is -0.452 e. The maximum atomic E-state index is 12.6. The van der Waals surface area contributed by atoms with E-state index >= 15 is 0 Å². The lowest BCUT2D eigenvalue weighted by Crippen LogP contribution is -2.44. The van der Waals surface area contributed by atoms with Crippen molar-refractivity contribution in [1.82, 2.24) is 4.90 Å². The molecule has 0 bridgehead atoms. The van der Waals surface area contributed by atoms with Gasteiger partial charge in [-0.25, -0.2) is 4.79 Å². The lowest BCUT2D eigenvalue weighted by molar-refractivity contribution is -0.137. The molecule has 138 valence electrons. The molecule has 2 atom stereocenters. The standard InChI is InChI=1S/C21H31NO3/c1-12-8-13(2)10-22(9-12)19(23)11-25-21(24)20-17(6)15(4)14(3)16(5)18(20)7/h12-13H,8-11H2,1-7H3/t12-,13+. The van der Waals surface area contributed by atoms with Crippen LogP contribution in [0.4, 0.5) is 0 Å². The van der Waals surface area contributed by atoms with Crippen LogP contribution in [-0.4, -0.2) is 36.5 Å². The predicted octanol–water partition coefficient (Wildman–Crippen LogP) is 3.89. The summed E-state index contributed by atoms with van der Waals surface area (Å²) in [5.74, 6) is 0.501. The van der Waals surface area contributed by atoms with E-state index in [1.807, 2.05) is 32.6 Å². The van der Waals surface area contributed by atoms with Crippen LogP contribution in [0.2, 0.25) is 0 Å². The zero-order chi connectivity index (χ0) is 18.9. The van der Waals surface area contributed by atoms with E-state index in [0.29, 0.717) is 17.4 Å². The Bertz CT molecular complexity index is 654. The number of carbonyl (C=O) groups is 2. The summed E-state index contributed by atoms with van der Waals surface area (Å²) in [5, 5.41) is 0. The van der Waals surface area contributed by atoms with Crippen LogP contribution >= 0.6 is 0 Å². The van der Waals surface area contributed by atoms with Gasteiger partial charge < -0.3 is 9.64 Å². The van der Waals surface area contributed by atoms with Crippen LogP contribution in [0.15, 0.2) is 0 Å². The highest BCUT2D eigenvalue weighted by atomic mass is 16.5. The average Bonchev–Trinajstić information content (AvgIpc) is 2.55. The molecule has 1 heterocycles. The van der Waals surface area contributed by atoms with Gasteiger partial charge in [0.05, 0.1) is 5.56 Å². The number of rotatable bonds is 3. The van der Waals surface area contributed by atoms with Gasteiger partial charge in [-0.1, -0.05) is 13.8 Å². The number of piperidine rings is 1. The number of ether oxygens (including phenoxy) is 1. The molecule has 1 saturated heterocycles. The Hall–Kier alpha value is -1.84. The fourth-order valence-electron chi connectivity index (χ4n) is 3.96. The summed E-state index contributed by atoms with van der Waals surface area (Å²) in [6.45, 7) is 15.7. The number of likely N-dealkylation sites (tertiary alicyclic amines) is 1. The van der Waals surface area contributed by atoms with Crippen LogP contribution in [0.3, 0.4) is 0 Å². The number of esters is 1. The molecule has 2 rings (SSSR count). The fraction of sp³-hybridized carbons (Fsp3) is 0.619. The van der Waals surface area contributed by atoms with Crippen molar-refractivity contribution in [3.63, 3.8) is 0 Å². The van der Waals surface area contributed by atoms with Gasteiger partial charge in [-0.05, 0) is 80.7 Å². The number of hydrogen-bond acceptors (Lipinski definition) is 3. The molecule has 4 heteroatoms. The highest BCUT2D eigenvalue weighted by Gasteiger charge is 2.27. The molecule has 0 unspecified atom stereocenters. The van der Waals surface area contributed by atoms with Crippen molar-refractivity contribution in [2.24, 2.45) is 11.8 Å². The van der Waals surface area contributed by atoms with Crippen molar-refractivity contribution in [3.8, 4) is 0 Å². The number of benzene rings is 1. The zero-order valence-electron chi connectivity index (χ0n) is 16.7. The topological polar surface area (TPSA) is 46.6 Å². The van der Waals surface area contributed by atoms with E-state index in [1.165, 1.54) is 5.56 Å². The van der Waals surface area contributed by atoms with Crippen molar-refractivity contribution in [1.29, 1.82) is 0 Å². The molecule has 1 aliphatic rings. The summed E-state index contributed by atoms with van der Waals surface area (Å²) in [6, 6.07) is 0. The third-order valence-corrected chi connectivity index (χ3v) is 5.75. The predicted molar refractivity (Wildman–Crippen MR) is 99.9 cm³/mol. The Balaban J connectivity index is 2.10. The first-order valence-electron chi connectivity index (χ1n) is 9.15. The molecule has 0 aliphatic carbocycles. The molecule has 25 heavy (non-hydrogen) atoms. The maximum absolute atomic E-state index is 12.6. The molecule has 0 radical (unpaired) electrons. The summed E-state index contributed by atoms with van der Waals surface area (Å²) in [6.07, 6.45) is 1.14. The summed E-state index contributed by atoms with van der Waals surface area (Å²) in [4.78, 5) is 26.9. The van der Waals surface area contributed by atoms with Gasteiger partial charge in [0.25, 0.3) is 5.91 Å². The minimum absolute atomic E-state index is 0.0948. The van der Waals surface area contributed by atoms with Gasteiger partial charge in [-0.2, -0.15) is 0 Å². The molecular weight excluding hydrogens is 314 g/mol. The molecule has 4 nitrogen and oxygen atoms in total. The zero-order valence-corrected chi connectivity index (χ0v) is 16.7. The van der Waals surface area contributed by atoms with E-state index in [-0.39, 0.29) is 12.5 Å². The SMILES string of the molecule is Cc1c(C)c(C)c(C(=O)OCC(=O)N2C[C@H](C)C[C@H](C)C2)c(C)c1C. The van der Waals surface area contributed by atoms with E-state index in [4.69, 9.17) is 4.74 Å². The van der Waals surface area contributed by atoms with Crippen LogP contribution in [-0.2, 0) is 9.53 Å². The highest BCUT2D eigenvalue weighted by Crippen LogP contribution is 2.27. The molecule has 0 aromatic heterocycles. The van der Waals surface area contributed by atoms with Gasteiger partial charge in [-0.15, -0.1) is 0 Å². The second kappa shape index (κ2) is 7.59. The third-order valence-electron chi connectivity index (χ3n) is 5.75. The minimum atomic E-state index is -0.396. The van der Waals surface area contributed by atoms with Crippen molar-refractivity contribution < 1.29 is 14.3 Å². The molecule has 1 fully saturated rings. The van der Waals surface area contributed by atoms with E-state index < -0.39 is 5.97 Å². The Morgan fingerprint density at radius 3 is 1.80 bits per heavy atom. The second-order valence-corrected chi connectivity index (χ2v) is 7.82. The van der Waals surface area contributed by atoms with Crippen molar-refractivity contribution in [2.75, 3.05) is 19.7 Å². The van der Waals surface area contributed by atoms with Crippen LogP contribution in [0, 0.1) is 46.5 Å². The Labute approximate surface area is 151 Å². The van der Waals surface area contributed by atoms with Gasteiger partial charge in [-0.3, -0.25) is 4.79 Å². The van der Waals surface area contributed by atoms with Gasteiger partial charge in [0.1, 0.15) is 0 Å².